The van der Waals surface area contributed by atoms with E-state index in [9.17, 15) is 15.0 Å². The van der Waals surface area contributed by atoms with Crippen molar-refractivity contribution in [1.82, 2.24) is 0 Å². The summed E-state index contributed by atoms with van der Waals surface area (Å²) in [6.45, 7) is 13.5. The molecule has 0 aliphatic heterocycles. The summed E-state index contributed by atoms with van der Waals surface area (Å²) in [5.74, 6) is -0.882. The van der Waals surface area contributed by atoms with Crippen LogP contribution in [0.5, 0.6) is 0 Å². The third kappa shape index (κ3) is 2.88. The van der Waals surface area contributed by atoms with Crippen molar-refractivity contribution in [3.8, 4) is 0 Å². The van der Waals surface area contributed by atoms with Gasteiger partial charge in [0.25, 0.3) is 0 Å². The molecular weight excluding hydrogens is 252 g/mol. The second-order valence-electron chi connectivity index (χ2n) is 6.45. The van der Waals surface area contributed by atoms with Gasteiger partial charge in [-0.05, 0) is 88.3 Å². The third-order valence-electron chi connectivity index (χ3n) is 4.67. The van der Waals surface area contributed by atoms with Gasteiger partial charge in [-0.15, -0.1) is 0 Å². The maximum absolute atomic E-state index is 11.2. The fourth-order valence-electron chi connectivity index (χ4n) is 2.70. The average Bonchev–Trinajstić information content (AvgIpc) is 2.33. The van der Waals surface area contributed by atoms with Crippen LogP contribution < -0.4 is 0 Å². The molecule has 1 aromatic carbocycles. The quantitative estimate of drug-likeness (QED) is 0.881. The minimum atomic E-state index is -0.939. The van der Waals surface area contributed by atoms with Crippen molar-refractivity contribution in [2.75, 3.05) is 0 Å². The molecule has 0 bridgehead atoms. The highest BCUT2D eigenvalue weighted by atomic mass is 16.4. The SMILES string of the molecule is Cc1c(C)c(C)c(C(O)CC(C)(C)C(=O)O)c(C)c1C. The van der Waals surface area contributed by atoms with E-state index in [0.717, 1.165) is 16.7 Å². The molecule has 0 saturated carbocycles. The Labute approximate surface area is 121 Å². The highest BCUT2D eigenvalue weighted by Crippen LogP contribution is 2.36. The van der Waals surface area contributed by atoms with Crippen LogP contribution in [0, 0.1) is 40.0 Å². The number of aliphatic hydroxyl groups excluding tert-OH is 1. The zero-order chi connectivity index (χ0) is 15.8. The number of hydrogen-bond donors (Lipinski definition) is 2. The Morgan fingerprint density at radius 3 is 1.65 bits per heavy atom. The minimum Gasteiger partial charge on any atom is -0.481 e. The summed E-state index contributed by atoms with van der Waals surface area (Å²) >= 11 is 0. The van der Waals surface area contributed by atoms with E-state index in [1.54, 1.807) is 13.8 Å². The van der Waals surface area contributed by atoms with Crippen LogP contribution in [0.4, 0.5) is 0 Å². The molecule has 1 rings (SSSR count). The molecular formula is C17H26O3. The molecule has 0 heterocycles. The normalized spacial score (nSPS) is 13.4. The first-order chi connectivity index (χ1) is 9.00. The molecule has 112 valence electrons. The molecule has 3 nitrogen and oxygen atoms in total. The van der Waals surface area contributed by atoms with Crippen LogP contribution in [-0.4, -0.2) is 16.2 Å². The lowest BCUT2D eigenvalue weighted by Crippen LogP contribution is -2.26. The molecule has 0 saturated heterocycles. The number of rotatable bonds is 4. The van der Waals surface area contributed by atoms with Crippen molar-refractivity contribution in [1.29, 1.82) is 0 Å². The smallest absolute Gasteiger partial charge is 0.309 e. The molecule has 2 N–H and O–H groups in total. The van der Waals surface area contributed by atoms with Crippen LogP contribution in [0.2, 0.25) is 0 Å². The van der Waals surface area contributed by atoms with Gasteiger partial charge in [-0.1, -0.05) is 0 Å². The lowest BCUT2D eigenvalue weighted by atomic mass is 9.80. The maximum Gasteiger partial charge on any atom is 0.309 e. The summed E-state index contributed by atoms with van der Waals surface area (Å²) in [4.78, 5) is 11.2. The van der Waals surface area contributed by atoms with Gasteiger partial charge in [0, 0.05) is 0 Å². The molecule has 0 aromatic heterocycles. The average molecular weight is 278 g/mol. The molecule has 0 amide bonds. The monoisotopic (exact) mass is 278 g/mol. The van der Waals surface area contributed by atoms with E-state index >= 15 is 0 Å². The zero-order valence-corrected chi connectivity index (χ0v) is 13.6. The van der Waals surface area contributed by atoms with Crippen LogP contribution in [0.1, 0.15) is 59.8 Å². The summed E-state index contributed by atoms with van der Waals surface area (Å²) in [5.41, 5.74) is 5.68. The standard InChI is InChI=1S/C17H26O3/c1-9-10(2)12(4)15(13(5)11(9)3)14(18)8-17(6,7)16(19)20/h14,18H,8H2,1-7H3,(H,19,20). The molecule has 0 aliphatic carbocycles. The Morgan fingerprint density at radius 2 is 1.30 bits per heavy atom. The van der Waals surface area contributed by atoms with Gasteiger partial charge in [0.2, 0.25) is 0 Å². The molecule has 0 radical (unpaired) electrons. The van der Waals surface area contributed by atoms with E-state index in [2.05, 4.69) is 20.8 Å². The zero-order valence-electron chi connectivity index (χ0n) is 13.6. The highest BCUT2D eigenvalue weighted by Gasteiger charge is 2.32. The van der Waals surface area contributed by atoms with Gasteiger partial charge in [0.15, 0.2) is 0 Å². The van der Waals surface area contributed by atoms with Gasteiger partial charge in [-0.2, -0.15) is 0 Å². The molecule has 3 heteroatoms. The molecule has 1 unspecified atom stereocenters. The summed E-state index contributed by atoms with van der Waals surface area (Å²) in [5, 5.41) is 19.8. The minimum absolute atomic E-state index is 0.214. The number of aliphatic carboxylic acids is 1. The lowest BCUT2D eigenvalue weighted by molar-refractivity contribution is -0.148. The summed E-state index contributed by atoms with van der Waals surface area (Å²) in [6.07, 6.45) is -0.537. The Balaban J connectivity index is 3.31. The van der Waals surface area contributed by atoms with E-state index < -0.39 is 17.5 Å². The number of aliphatic hydroxyl groups is 1. The lowest BCUT2D eigenvalue weighted by Gasteiger charge is -2.27. The molecule has 20 heavy (non-hydrogen) atoms. The molecule has 1 atom stereocenters. The van der Waals surface area contributed by atoms with Crippen LogP contribution in [0.15, 0.2) is 0 Å². The second kappa shape index (κ2) is 5.57. The molecule has 0 fully saturated rings. The van der Waals surface area contributed by atoms with Crippen molar-refractivity contribution in [3.05, 3.63) is 33.4 Å². The number of carboxylic acids is 1. The van der Waals surface area contributed by atoms with Gasteiger partial charge >= 0.3 is 5.97 Å². The van der Waals surface area contributed by atoms with Gasteiger partial charge < -0.3 is 10.2 Å². The van der Waals surface area contributed by atoms with E-state index in [1.807, 2.05) is 13.8 Å². The van der Waals surface area contributed by atoms with Crippen molar-refractivity contribution in [2.45, 2.75) is 61.0 Å². The second-order valence-corrected chi connectivity index (χ2v) is 6.45. The Bertz CT molecular complexity index is 513. The first-order valence-corrected chi connectivity index (χ1v) is 6.99. The largest absolute Gasteiger partial charge is 0.481 e. The molecule has 0 spiro atoms. The Morgan fingerprint density at radius 1 is 0.950 bits per heavy atom. The van der Waals surface area contributed by atoms with Gasteiger partial charge in [-0.25, -0.2) is 0 Å². The van der Waals surface area contributed by atoms with Gasteiger partial charge in [-0.3, -0.25) is 4.79 Å². The van der Waals surface area contributed by atoms with E-state index in [0.29, 0.717) is 0 Å². The molecule has 0 aliphatic rings. The third-order valence-corrected chi connectivity index (χ3v) is 4.67. The topological polar surface area (TPSA) is 57.5 Å². The summed E-state index contributed by atoms with van der Waals surface area (Å²) in [6, 6.07) is 0. The van der Waals surface area contributed by atoms with Crippen molar-refractivity contribution in [2.24, 2.45) is 5.41 Å². The first kappa shape index (κ1) is 16.7. The molecule has 1 aromatic rings. The van der Waals surface area contributed by atoms with Crippen LogP contribution in [-0.2, 0) is 4.79 Å². The predicted molar refractivity (Wildman–Crippen MR) is 81.1 cm³/mol. The Kier molecular flexibility index (Phi) is 4.65. The fourth-order valence-corrected chi connectivity index (χ4v) is 2.70. The fraction of sp³-hybridized carbons (Fsp3) is 0.588. The summed E-state index contributed by atoms with van der Waals surface area (Å²) in [7, 11) is 0. The Hall–Kier alpha value is -1.35. The first-order valence-electron chi connectivity index (χ1n) is 6.99. The highest BCUT2D eigenvalue weighted by molar-refractivity contribution is 5.73. The summed E-state index contributed by atoms with van der Waals surface area (Å²) < 4.78 is 0. The van der Waals surface area contributed by atoms with Gasteiger partial charge in [0.05, 0.1) is 11.5 Å². The predicted octanol–water partition coefficient (Wildman–Crippen LogP) is 3.76. The van der Waals surface area contributed by atoms with E-state index in [1.165, 1.54) is 16.7 Å². The van der Waals surface area contributed by atoms with Crippen molar-refractivity contribution >= 4 is 5.97 Å². The number of carboxylic acid groups (broad SMARTS) is 1. The van der Waals surface area contributed by atoms with Crippen LogP contribution in [0.25, 0.3) is 0 Å². The van der Waals surface area contributed by atoms with Gasteiger partial charge in [0.1, 0.15) is 0 Å². The van der Waals surface area contributed by atoms with Crippen molar-refractivity contribution < 1.29 is 15.0 Å². The number of carbonyl (C=O) groups is 1. The number of hydrogen-bond acceptors (Lipinski definition) is 2. The maximum atomic E-state index is 11.2. The number of benzene rings is 1. The van der Waals surface area contributed by atoms with Crippen molar-refractivity contribution in [3.63, 3.8) is 0 Å². The van der Waals surface area contributed by atoms with E-state index in [4.69, 9.17) is 0 Å². The van der Waals surface area contributed by atoms with E-state index in [-0.39, 0.29) is 6.42 Å². The van der Waals surface area contributed by atoms with Crippen LogP contribution in [0.3, 0.4) is 0 Å². The van der Waals surface area contributed by atoms with Crippen LogP contribution >= 0.6 is 0 Å².